The van der Waals surface area contributed by atoms with Gasteiger partial charge < -0.3 is 9.84 Å². The maximum absolute atomic E-state index is 13.1. The minimum absolute atomic E-state index is 0.149. The van der Waals surface area contributed by atoms with E-state index in [1.807, 2.05) is 4.98 Å². The lowest BCUT2D eigenvalue weighted by Crippen LogP contribution is -2.33. The van der Waals surface area contributed by atoms with Crippen LogP contribution in [-0.2, 0) is 4.74 Å². The molecule has 1 saturated heterocycles. The number of aliphatic hydroxyl groups excluding tert-OH is 1. The average molecular weight is 262 g/mol. The van der Waals surface area contributed by atoms with E-state index in [0.29, 0.717) is 0 Å². The number of halogens is 1. The number of H-pyrrole nitrogens is 1. The van der Waals surface area contributed by atoms with Crippen LogP contribution in [0.1, 0.15) is 12.6 Å². The van der Waals surface area contributed by atoms with E-state index in [-0.39, 0.29) is 12.2 Å². The Morgan fingerprint density at radius 1 is 1.65 bits per heavy atom. The van der Waals surface area contributed by atoms with Crippen molar-refractivity contribution in [3.8, 4) is 0 Å². The van der Waals surface area contributed by atoms with Crippen LogP contribution in [0, 0.1) is 5.82 Å². The van der Waals surface area contributed by atoms with Gasteiger partial charge >= 0.3 is 5.69 Å². The normalized spacial score (nSPS) is 28.5. The SMILES string of the molecule is O=c1[nH]c(=O)n([C@H]2C[C@H](O)[C@H](CS)O2)cc1F. The van der Waals surface area contributed by atoms with Crippen LogP contribution in [0.5, 0.6) is 0 Å². The Bertz CT molecular complexity index is 528. The first-order valence-corrected chi connectivity index (χ1v) is 5.61. The third-order valence-electron chi connectivity index (χ3n) is 2.62. The van der Waals surface area contributed by atoms with Crippen molar-refractivity contribution in [3.05, 3.63) is 32.9 Å². The van der Waals surface area contributed by atoms with Gasteiger partial charge in [-0.25, -0.2) is 4.79 Å². The highest BCUT2D eigenvalue weighted by molar-refractivity contribution is 7.80. The third-order valence-corrected chi connectivity index (χ3v) is 2.98. The average Bonchev–Trinajstić information content (AvgIpc) is 2.65. The summed E-state index contributed by atoms with van der Waals surface area (Å²) in [7, 11) is 0. The van der Waals surface area contributed by atoms with Gasteiger partial charge in [0.05, 0.1) is 18.4 Å². The van der Waals surface area contributed by atoms with E-state index in [2.05, 4.69) is 12.6 Å². The maximum Gasteiger partial charge on any atom is 0.330 e. The van der Waals surface area contributed by atoms with Crippen LogP contribution in [0.3, 0.4) is 0 Å². The number of hydrogen-bond acceptors (Lipinski definition) is 5. The Morgan fingerprint density at radius 2 is 2.35 bits per heavy atom. The summed E-state index contributed by atoms with van der Waals surface area (Å²) in [5.74, 6) is -0.782. The highest BCUT2D eigenvalue weighted by Crippen LogP contribution is 2.27. The van der Waals surface area contributed by atoms with Crippen molar-refractivity contribution >= 4 is 12.6 Å². The summed E-state index contributed by atoms with van der Waals surface area (Å²) in [6, 6.07) is 0. The van der Waals surface area contributed by atoms with E-state index >= 15 is 0 Å². The zero-order chi connectivity index (χ0) is 12.6. The largest absolute Gasteiger partial charge is 0.390 e. The number of hydrogen-bond donors (Lipinski definition) is 3. The van der Waals surface area contributed by atoms with E-state index in [1.165, 1.54) is 0 Å². The fourth-order valence-corrected chi connectivity index (χ4v) is 2.05. The molecule has 0 amide bonds. The lowest BCUT2D eigenvalue weighted by atomic mass is 10.2. The molecule has 1 aliphatic heterocycles. The number of aromatic nitrogens is 2. The summed E-state index contributed by atoms with van der Waals surface area (Å²) >= 11 is 3.99. The van der Waals surface area contributed by atoms with Gasteiger partial charge in [-0.2, -0.15) is 17.0 Å². The monoisotopic (exact) mass is 262 g/mol. The molecule has 3 atom stereocenters. The summed E-state index contributed by atoms with van der Waals surface area (Å²) < 4.78 is 19.3. The molecule has 0 bridgehead atoms. The fraction of sp³-hybridized carbons (Fsp3) is 0.556. The maximum atomic E-state index is 13.1. The van der Waals surface area contributed by atoms with Crippen molar-refractivity contribution in [2.75, 3.05) is 5.75 Å². The molecule has 2 N–H and O–H groups in total. The molecule has 17 heavy (non-hydrogen) atoms. The molecule has 0 unspecified atom stereocenters. The van der Waals surface area contributed by atoms with Crippen LogP contribution in [0.4, 0.5) is 4.39 Å². The summed E-state index contributed by atoms with van der Waals surface area (Å²) in [6.45, 7) is 0. The molecular formula is C9H11FN2O4S. The zero-order valence-electron chi connectivity index (χ0n) is 8.67. The van der Waals surface area contributed by atoms with Gasteiger partial charge in [-0.3, -0.25) is 14.3 Å². The molecule has 2 rings (SSSR count). The molecule has 0 spiro atoms. The van der Waals surface area contributed by atoms with Crippen LogP contribution < -0.4 is 11.2 Å². The number of ether oxygens (including phenoxy) is 1. The first kappa shape index (κ1) is 12.3. The van der Waals surface area contributed by atoms with Gasteiger partial charge in [0.2, 0.25) is 5.82 Å². The second-order valence-electron chi connectivity index (χ2n) is 3.76. The number of nitrogens with zero attached hydrogens (tertiary/aromatic N) is 1. The van der Waals surface area contributed by atoms with Crippen molar-refractivity contribution in [2.45, 2.75) is 24.9 Å². The first-order chi connectivity index (χ1) is 8.02. The molecule has 8 heteroatoms. The smallest absolute Gasteiger partial charge is 0.330 e. The number of thiol groups is 1. The van der Waals surface area contributed by atoms with E-state index in [9.17, 15) is 19.1 Å². The van der Waals surface area contributed by atoms with Crippen LogP contribution in [0.15, 0.2) is 15.8 Å². The Hall–Kier alpha value is -1.12. The molecular weight excluding hydrogens is 251 g/mol. The summed E-state index contributed by atoms with van der Waals surface area (Å²) in [5.41, 5.74) is -1.84. The van der Waals surface area contributed by atoms with Crippen molar-refractivity contribution < 1.29 is 14.2 Å². The van der Waals surface area contributed by atoms with Gasteiger partial charge in [0.1, 0.15) is 6.23 Å². The van der Waals surface area contributed by atoms with E-state index in [4.69, 9.17) is 4.74 Å². The molecule has 6 nitrogen and oxygen atoms in total. The number of nitrogens with one attached hydrogen (secondary N) is 1. The van der Waals surface area contributed by atoms with Gasteiger partial charge in [-0.15, -0.1) is 0 Å². The molecule has 0 aliphatic carbocycles. The summed E-state index contributed by atoms with van der Waals surface area (Å²) in [6.07, 6.45) is -1.14. The molecule has 1 aliphatic rings. The van der Waals surface area contributed by atoms with E-state index in [1.54, 1.807) is 0 Å². The van der Waals surface area contributed by atoms with Crippen molar-refractivity contribution in [3.63, 3.8) is 0 Å². The molecule has 0 saturated carbocycles. The van der Waals surface area contributed by atoms with Gasteiger partial charge in [-0.05, 0) is 0 Å². The lowest BCUT2D eigenvalue weighted by Gasteiger charge is -2.14. The first-order valence-electron chi connectivity index (χ1n) is 4.98. The van der Waals surface area contributed by atoms with E-state index in [0.717, 1.165) is 10.8 Å². The quantitative estimate of drug-likeness (QED) is 0.613. The van der Waals surface area contributed by atoms with Crippen molar-refractivity contribution in [1.82, 2.24) is 9.55 Å². The summed E-state index contributed by atoms with van der Waals surface area (Å²) in [4.78, 5) is 24.1. The summed E-state index contributed by atoms with van der Waals surface area (Å²) in [5, 5.41) is 9.58. The highest BCUT2D eigenvalue weighted by Gasteiger charge is 2.34. The van der Waals surface area contributed by atoms with Crippen LogP contribution in [0.25, 0.3) is 0 Å². The molecule has 94 valence electrons. The Balaban J connectivity index is 2.34. The minimum atomic E-state index is -1.07. The van der Waals surface area contributed by atoms with Crippen LogP contribution in [0.2, 0.25) is 0 Å². The Kier molecular flexibility index (Phi) is 3.36. The molecule has 0 aromatic carbocycles. The lowest BCUT2D eigenvalue weighted by molar-refractivity contribution is -0.00784. The van der Waals surface area contributed by atoms with E-state index < -0.39 is 35.5 Å². The van der Waals surface area contributed by atoms with Gasteiger partial charge in [0.25, 0.3) is 5.56 Å². The van der Waals surface area contributed by atoms with Gasteiger partial charge in [0, 0.05) is 12.2 Å². The third kappa shape index (κ3) is 2.28. The molecule has 1 aromatic rings. The predicted molar refractivity (Wildman–Crippen MR) is 59.7 cm³/mol. The standard InChI is InChI=1S/C9H11FN2O4S/c10-4-2-12(9(15)11-8(4)14)7-1-5(13)6(3-17)16-7/h2,5-7,13,17H,1,3H2,(H,11,14,15)/t5-,6-,7+/m0/s1. The fourth-order valence-electron chi connectivity index (χ4n) is 1.72. The zero-order valence-corrected chi connectivity index (χ0v) is 9.56. The molecule has 2 heterocycles. The van der Waals surface area contributed by atoms with Crippen LogP contribution >= 0.6 is 12.6 Å². The Labute approximate surface area is 100 Å². The van der Waals surface area contributed by atoms with Gasteiger partial charge in [-0.1, -0.05) is 0 Å². The highest BCUT2D eigenvalue weighted by atomic mass is 32.1. The van der Waals surface area contributed by atoms with Crippen molar-refractivity contribution in [2.24, 2.45) is 0 Å². The number of aromatic amines is 1. The Morgan fingerprint density at radius 3 is 2.94 bits per heavy atom. The van der Waals surface area contributed by atoms with Crippen molar-refractivity contribution in [1.29, 1.82) is 0 Å². The topological polar surface area (TPSA) is 84.3 Å². The van der Waals surface area contributed by atoms with Crippen LogP contribution in [-0.4, -0.2) is 32.6 Å². The van der Waals surface area contributed by atoms with Gasteiger partial charge in [0.15, 0.2) is 0 Å². The number of aliphatic hydroxyl groups is 1. The number of rotatable bonds is 2. The molecule has 0 radical (unpaired) electrons. The second-order valence-corrected chi connectivity index (χ2v) is 4.12. The second kappa shape index (κ2) is 4.63. The molecule has 1 fully saturated rings. The minimum Gasteiger partial charge on any atom is -0.390 e. The predicted octanol–water partition coefficient (Wildman–Crippen LogP) is -0.746. The molecule has 1 aromatic heterocycles.